The van der Waals surface area contributed by atoms with Gasteiger partial charge >= 0.3 is 0 Å². The topological polar surface area (TPSA) is 88.1 Å². The summed E-state index contributed by atoms with van der Waals surface area (Å²) in [6, 6.07) is 9.46. The average molecular weight is 392 g/mol. The molecular weight excluding hydrogens is 360 g/mol. The maximum absolute atomic E-state index is 12.5. The number of carbonyl (C=O) groups is 2. The van der Waals surface area contributed by atoms with Crippen LogP contribution < -0.4 is 5.32 Å². The van der Waals surface area contributed by atoms with Crippen molar-refractivity contribution in [1.29, 1.82) is 0 Å². The molecule has 1 amide bonds. The number of benzene rings is 1. The van der Waals surface area contributed by atoms with Crippen molar-refractivity contribution in [2.75, 3.05) is 32.9 Å². The summed E-state index contributed by atoms with van der Waals surface area (Å²) in [6.07, 6.45) is 1.24. The van der Waals surface area contributed by atoms with E-state index in [9.17, 15) is 14.7 Å². The predicted molar refractivity (Wildman–Crippen MR) is 106 cm³/mol. The van der Waals surface area contributed by atoms with Crippen molar-refractivity contribution in [3.05, 3.63) is 35.9 Å². The number of hydrogen-bond donors (Lipinski definition) is 2. The fourth-order valence-electron chi connectivity index (χ4n) is 3.34. The molecule has 2 N–H and O–H groups in total. The molecule has 1 fully saturated rings. The number of nitrogens with one attached hydrogen (secondary N) is 1. The van der Waals surface area contributed by atoms with Gasteiger partial charge in [-0.25, -0.2) is 0 Å². The zero-order valence-corrected chi connectivity index (χ0v) is 16.6. The van der Waals surface area contributed by atoms with Gasteiger partial charge < -0.3 is 24.7 Å². The second kappa shape index (κ2) is 12.6. The first kappa shape index (κ1) is 22.5. The molecule has 7 nitrogen and oxygen atoms in total. The molecule has 1 aromatic rings. The van der Waals surface area contributed by atoms with E-state index in [-0.39, 0.29) is 12.1 Å². The highest BCUT2D eigenvalue weighted by molar-refractivity contribution is 5.76. The van der Waals surface area contributed by atoms with Crippen molar-refractivity contribution < 1.29 is 24.2 Å². The molecule has 0 radical (unpaired) electrons. The summed E-state index contributed by atoms with van der Waals surface area (Å²) in [5.41, 5.74) is 0.834. The van der Waals surface area contributed by atoms with Gasteiger partial charge in [-0.15, -0.1) is 0 Å². The molecule has 3 atom stereocenters. The molecule has 1 aliphatic rings. The van der Waals surface area contributed by atoms with Gasteiger partial charge in [0.25, 0.3) is 0 Å². The largest absolute Gasteiger partial charge is 0.388 e. The Balaban J connectivity index is 1.89. The summed E-state index contributed by atoms with van der Waals surface area (Å²) in [5.74, 6) is -0.0853. The molecular formula is C21H32N2O5. The van der Waals surface area contributed by atoms with Gasteiger partial charge in [0.1, 0.15) is 12.4 Å². The van der Waals surface area contributed by atoms with Crippen LogP contribution in [-0.4, -0.2) is 67.4 Å². The number of carbonyl (C=O) groups excluding carboxylic acids is 2. The second-order valence-corrected chi connectivity index (χ2v) is 6.92. The molecule has 1 heterocycles. The van der Waals surface area contributed by atoms with Gasteiger partial charge in [0.15, 0.2) is 0 Å². The van der Waals surface area contributed by atoms with E-state index in [1.807, 2.05) is 37.3 Å². The molecule has 0 spiro atoms. The quantitative estimate of drug-likeness (QED) is 0.526. The number of ether oxygens (including phenoxy) is 2. The summed E-state index contributed by atoms with van der Waals surface area (Å²) in [7, 11) is 0. The highest BCUT2D eigenvalue weighted by Crippen LogP contribution is 2.20. The fraction of sp³-hybridized carbons (Fsp3) is 0.619. The zero-order chi connectivity index (χ0) is 20.2. The van der Waals surface area contributed by atoms with Crippen LogP contribution in [0.2, 0.25) is 0 Å². The number of nitrogens with zero attached hydrogens (tertiary/aromatic N) is 1. The highest BCUT2D eigenvalue weighted by Gasteiger charge is 2.25. The maximum atomic E-state index is 12.5. The van der Waals surface area contributed by atoms with Crippen LogP contribution in [0, 0.1) is 0 Å². The first-order chi connectivity index (χ1) is 13.6. The normalized spacial score (nSPS) is 18.2. The van der Waals surface area contributed by atoms with Crippen LogP contribution in [0.3, 0.4) is 0 Å². The molecule has 0 saturated carbocycles. The monoisotopic (exact) mass is 392 g/mol. The summed E-state index contributed by atoms with van der Waals surface area (Å²) in [4.78, 5) is 25.5. The molecule has 0 bridgehead atoms. The van der Waals surface area contributed by atoms with E-state index in [1.54, 1.807) is 0 Å². The van der Waals surface area contributed by atoms with Crippen LogP contribution in [0.25, 0.3) is 0 Å². The molecule has 7 heteroatoms. The lowest BCUT2D eigenvalue weighted by molar-refractivity contribution is -0.125. The minimum absolute atomic E-state index is 0.0853. The number of aliphatic hydroxyl groups excluding tert-OH is 1. The molecule has 1 aromatic carbocycles. The third-order valence-electron chi connectivity index (χ3n) is 4.87. The van der Waals surface area contributed by atoms with Crippen LogP contribution in [0.5, 0.6) is 0 Å². The Kier molecular flexibility index (Phi) is 10.1. The number of morpholine rings is 1. The Labute approximate surface area is 167 Å². The third-order valence-corrected chi connectivity index (χ3v) is 4.87. The van der Waals surface area contributed by atoms with Gasteiger partial charge in [0, 0.05) is 32.5 Å². The minimum atomic E-state index is -0.660. The third kappa shape index (κ3) is 7.67. The van der Waals surface area contributed by atoms with Crippen LogP contribution in [0.4, 0.5) is 0 Å². The molecule has 156 valence electrons. The maximum Gasteiger partial charge on any atom is 0.221 e. The lowest BCUT2D eigenvalue weighted by Gasteiger charge is -2.36. The van der Waals surface area contributed by atoms with Crippen molar-refractivity contribution in [3.8, 4) is 0 Å². The van der Waals surface area contributed by atoms with Crippen molar-refractivity contribution >= 4 is 12.2 Å². The Morgan fingerprint density at radius 3 is 2.68 bits per heavy atom. The summed E-state index contributed by atoms with van der Waals surface area (Å²) in [5, 5.41) is 13.7. The molecule has 1 aliphatic heterocycles. The molecule has 28 heavy (non-hydrogen) atoms. The average Bonchev–Trinajstić information content (AvgIpc) is 2.73. The van der Waals surface area contributed by atoms with E-state index < -0.39 is 12.2 Å². The van der Waals surface area contributed by atoms with E-state index in [2.05, 4.69) is 10.2 Å². The fourth-order valence-corrected chi connectivity index (χ4v) is 3.34. The number of hydrogen-bond acceptors (Lipinski definition) is 6. The lowest BCUT2D eigenvalue weighted by Crippen LogP contribution is -2.52. The number of aliphatic hydroxyl groups is 1. The van der Waals surface area contributed by atoms with Crippen LogP contribution in [0.15, 0.2) is 30.3 Å². The Morgan fingerprint density at radius 2 is 2.04 bits per heavy atom. The molecule has 1 saturated heterocycles. The Morgan fingerprint density at radius 1 is 1.32 bits per heavy atom. The van der Waals surface area contributed by atoms with E-state index in [0.29, 0.717) is 58.6 Å². The van der Waals surface area contributed by atoms with Gasteiger partial charge in [-0.2, -0.15) is 0 Å². The summed E-state index contributed by atoms with van der Waals surface area (Å²) in [6.45, 7) is 4.97. The molecule has 0 aliphatic carbocycles. The van der Waals surface area contributed by atoms with E-state index >= 15 is 0 Å². The highest BCUT2D eigenvalue weighted by atomic mass is 16.5. The van der Waals surface area contributed by atoms with E-state index in [1.165, 1.54) is 0 Å². The van der Waals surface area contributed by atoms with Gasteiger partial charge in [-0.3, -0.25) is 9.69 Å². The van der Waals surface area contributed by atoms with Gasteiger partial charge in [0.05, 0.1) is 25.5 Å². The van der Waals surface area contributed by atoms with Crippen LogP contribution in [-0.2, 0) is 19.1 Å². The number of amides is 1. The van der Waals surface area contributed by atoms with Crippen molar-refractivity contribution in [2.24, 2.45) is 0 Å². The first-order valence-electron chi connectivity index (χ1n) is 10.0. The smallest absolute Gasteiger partial charge is 0.221 e. The van der Waals surface area contributed by atoms with Crippen LogP contribution >= 0.6 is 0 Å². The van der Waals surface area contributed by atoms with Crippen molar-refractivity contribution in [3.63, 3.8) is 0 Å². The van der Waals surface area contributed by atoms with Crippen LogP contribution in [0.1, 0.15) is 44.3 Å². The Bertz CT molecular complexity index is 577. The van der Waals surface area contributed by atoms with E-state index in [4.69, 9.17) is 9.47 Å². The van der Waals surface area contributed by atoms with Gasteiger partial charge in [-0.05, 0) is 25.3 Å². The predicted octanol–water partition coefficient (Wildman–Crippen LogP) is 1.66. The lowest BCUT2D eigenvalue weighted by atomic mass is 10.0. The second-order valence-electron chi connectivity index (χ2n) is 6.92. The summed E-state index contributed by atoms with van der Waals surface area (Å²) >= 11 is 0. The molecule has 3 unspecified atom stereocenters. The number of rotatable bonds is 12. The van der Waals surface area contributed by atoms with Gasteiger partial charge in [-0.1, -0.05) is 30.3 Å². The molecule has 0 aromatic heterocycles. The van der Waals surface area contributed by atoms with E-state index in [0.717, 1.165) is 11.8 Å². The van der Waals surface area contributed by atoms with Crippen molar-refractivity contribution in [2.45, 2.75) is 51.0 Å². The SMILES string of the molecule is CCOC(C=O)CCCC(=O)NC(CC(O)c1ccccc1)N1CCOCC1. The Hall–Kier alpha value is -1.80. The summed E-state index contributed by atoms with van der Waals surface area (Å²) < 4.78 is 10.7. The van der Waals surface area contributed by atoms with Crippen molar-refractivity contribution in [1.82, 2.24) is 10.2 Å². The number of aldehydes is 1. The first-order valence-corrected chi connectivity index (χ1v) is 10.0. The molecule has 2 rings (SSSR count). The minimum Gasteiger partial charge on any atom is -0.388 e. The standard InChI is InChI=1S/C21H32N2O5/c1-2-28-18(16-24)9-6-10-21(26)22-20(23-11-13-27-14-12-23)15-19(25)17-7-4-3-5-8-17/h3-5,7-8,16,18-20,25H,2,6,9-15H2,1H3,(H,22,26). The van der Waals surface area contributed by atoms with Gasteiger partial charge in [0.2, 0.25) is 5.91 Å². The zero-order valence-electron chi connectivity index (χ0n) is 16.6.